The number of hydrogen-bond acceptors (Lipinski definition) is 4. The van der Waals surface area contributed by atoms with E-state index in [1.807, 2.05) is 52.0 Å². The van der Waals surface area contributed by atoms with E-state index in [4.69, 9.17) is 4.74 Å². The molecule has 0 radical (unpaired) electrons. The third kappa shape index (κ3) is 4.04. The Morgan fingerprint density at radius 1 is 1.14 bits per heavy atom. The number of amides is 1. The Morgan fingerprint density at radius 3 is 2.52 bits per heavy atom. The van der Waals surface area contributed by atoms with Crippen molar-refractivity contribution in [1.29, 1.82) is 0 Å². The van der Waals surface area contributed by atoms with E-state index in [9.17, 15) is 14.7 Å². The van der Waals surface area contributed by atoms with Crippen LogP contribution in [0.1, 0.15) is 49.9 Å². The smallest absolute Gasteiger partial charge is 0.295 e. The first kappa shape index (κ1) is 20.6. The summed E-state index contributed by atoms with van der Waals surface area (Å²) in [5.74, 6) is -0.806. The van der Waals surface area contributed by atoms with Crippen LogP contribution in [-0.2, 0) is 9.59 Å². The molecule has 1 atom stereocenters. The van der Waals surface area contributed by atoms with Crippen LogP contribution in [0, 0.1) is 6.92 Å². The zero-order valence-electron chi connectivity index (χ0n) is 17.3. The van der Waals surface area contributed by atoms with E-state index in [0.717, 1.165) is 11.1 Å². The van der Waals surface area contributed by atoms with Gasteiger partial charge in [0.1, 0.15) is 11.5 Å². The summed E-state index contributed by atoms with van der Waals surface area (Å²) in [5, 5.41) is 11.1. The Hall–Kier alpha value is -3.08. The molecule has 1 unspecified atom stereocenters. The molecule has 152 valence electrons. The maximum absolute atomic E-state index is 12.9. The first-order chi connectivity index (χ1) is 13.8. The minimum absolute atomic E-state index is 0.0190. The standard InChI is InChI=1S/C24H27NO4/c1-5-13-25-21(19-12-7-6-9-16(19)4)20(23(27)24(25)28)22(26)17-10-8-11-18(14-17)29-15(2)3/h6-12,14-15,21,26H,5,13H2,1-4H3/b22-20+. The van der Waals surface area contributed by atoms with Crippen molar-refractivity contribution in [2.45, 2.75) is 46.3 Å². The van der Waals surface area contributed by atoms with Gasteiger partial charge in [-0.2, -0.15) is 0 Å². The van der Waals surface area contributed by atoms with Gasteiger partial charge >= 0.3 is 0 Å². The quantitative estimate of drug-likeness (QED) is 0.442. The van der Waals surface area contributed by atoms with Gasteiger partial charge in [0.2, 0.25) is 0 Å². The number of rotatable bonds is 6. The third-order valence-electron chi connectivity index (χ3n) is 4.97. The monoisotopic (exact) mass is 393 g/mol. The summed E-state index contributed by atoms with van der Waals surface area (Å²) in [5.41, 5.74) is 2.38. The van der Waals surface area contributed by atoms with Crippen molar-refractivity contribution in [2.75, 3.05) is 6.54 Å². The minimum Gasteiger partial charge on any atom is -0.507 e. The Labute approximate surface area is 171 Å². The Balaban J connectivity index is 2.17. The first-order valence-electron chi connectivity index (χ1n) is 9.96. The fourth-order valence-corrected chi connectivity index (χ4v) is 3.71. The molecule has 1 fully saturated rings. The van der Waals surface area contributed by atoms with Gasteiger partial charge in [-0.1, -0.05) is 43.3 Å². The lowest BCUT2D eigenvalue weighted by atomic mass is 9.92. The summed E-state index contributed by atoms with van der Waals surface area (Å²) in [4.78, 5) is 27.2. The van der Waals surface area contributed by atoms with Crippen LogP contribution in [0.3, 0.4) is 0 Å². The van der Waals surface area contributed by atoms with Crippen molar-refractivity contribution in [3.05, 3.63) is 70.8 Å². The lowest BCUT2D eigenvalue weighted by molar-refractivity contribution is -0.139. The highest BCUT2D eigenvalue weighted by Gasteiger charge is 2.46. The molecule has 2 aromatic carbocycles. The molecule has 0 spiro atoms. The van der Waals surface area contributed by atoms with Crippen molar-refractivity contribution in [1.82, 2.24) is 4.90 Å². The minimum atomic E-state index is -0.653. The highest BCUT2D eigenvalue weighted by atomic mass is 16.5. The van der Waals surface area contributed by atoms with Gasteiger partial charge in [0.05, 0.1) is 17.7 Å². The molecule has 1 aliphatic rings. The van der Waals surface area contributed by atoms with Gasteiger partial charge in [0.25, 0.3) is 11.7 Å². The molecule has 1 amide bonds. The lowest BCUT2D eigenvalue weighted by Gasteiger charge is -2.26. The fraction of sp³-hybridized carbons (Fsp3) is 0.333. The highest BCUT2D eigenvalue weighted by molar-refractivity contribution is 6.46. The molecule has 0 bridgehead atoms. The second-order valence-electron chi connectivity index (χ2n) is 7.54. The Morgan fingerprint density at radius 2 is 1.86 bits per heavy atom. The molecule has 1 heterocycles. The van der Waals surface area contributed by atoms with Crippen molar-refractivity contribution < 1.29 is 19.4 Å². The number of aliphatic hydroxyl groups is 1. The second kappa shape index (κ2) is 8.52. The average Bonchev–Trinajstić information content (AvgIpc) is 2.93. The van der Waals surface area contributed by atoms with E-state index >= 15 is 0 Å². The van der Waals surface area contributed by atoms with Gasteiger partial charge in [-0.15, -0.1) is 0 Å². The van der Waals surface area contributed by atoms with Crippen LogP contribution in [0.5, 0.6) is 5.75 Å². The highest BCUT2D eigenvalue weighted by Crippen LogP contribution is 2.40. The van der Waals surface area contributed by atoms with Crippen LogP contribution in [0.25, 0.3) is 5.76 Å². The Bertz CT molecular complexity index is 961. The summed E-state index contributed by atoms with van der Waals surface area (Å²) in [7, 11) is 0. The number of carbonyl (C=O) groups excluding carboxylic acids is 2. The predicted molar refractivity (Wildman–Crippen MR) is 113 cm³/mol. The summed E-state index contributed by atoms with van der Waals surface area (Å²) in [6.07, 6.45) is 0.696. The molecule has 5 heteroatoms. The van der Waals surface area contributed by atoms with Crippen LogP contribution in [0.15, 0.2) is 54.1 Å². The van der Waals surface area contributed by atoms with E-state index < -0.39 is 17.7 Å². The molecular formula is C24H27NO4. The molecule has 0 saturated carbocycles. The summed E-state index contributed by atoms with van der Waals surface area (Å²) in [6.45, 7) is 8.18. The van der Waals surface area contributed by atoms with Gasteiger partial charge in [-0.25, -0.2) is 0 Å². The van der Waals surface area contributed by atoms with Crippen molar-refractivity contribution in [2.24, 2.45) is 0 Å². The molecule has 0 aliphatic carbocycles. The van der Waals surface area contributed by atoms with E-state index in [-0.39, 0.29) is 17.4 Å². The molecule has 2 aromatic rings. The molecule has 3 rings (SSSR count). The topological polar surface area (TPSA) is 66.8 Å². The normalized spacial score (nSPS) is 18.5. The number of nitrogens with zero attached hydrogens (tertiary/aromatic N) is 1. The number of aliphatic hydroxyl groups excluding tert-OH is 1. The second-order valence-corrected chi connectivity index (χ2v) is 7.54. The van der Waals surface area contributed by atoms with Crippen LogP contribution < -0.4 is 4.74 Å². The molecule has 1 aliphatic heterocycles. The van der Waals surface area contributed by atoms with E-state index in [0.29, 0.717) is 24.3 Å². The summed E-state index contributed by atoms with van der Waals surface area (Å²) >= 11 is 0. The molecular weight excluding hydrogens is 366 g/mol. The van der Waals surface area contributed by atoms with Crippen molar-refractivity contribution in [3.8, 4) is 5.75 Å². The summed E-state index contributed by atoms with van der Waals surface area (Å²) in [6, 6.07) is 14.0. The van der Waals surface area contributed by atoms with E-state index in [1.165, 1.54) is 0 Å². The number of ketones is 1. The van der Waals surface area contributed by atoms with Crippen LogP contribution in [0.4, 0.5) is 0 Å². The maximum Gasteiger partial charge on any atom is 0.295 e. The van der Waals surface area contributed by atoms with Gasteiger partial charge in [-0.3, -0.25) is 9.59 Å². The first-order valence-corrected chi connectivity index (χ1v) is 9.96. The van der Waals surface area contributed by atoms with Gasteiger partial charge < -0.3 is 14.7 Å². The van der Waals surface area contributed by atoms with Gasteiger partial charge in [-0.05, 0) is 50.5 Å². The lowest BCUT2D eigenvalue weighted by Crippen LogP contribution is -2.30. The van der Waals surface area contributed by atoms with Crippen LogP contribution in [0.2, 0.25) is 0 Å². The predicted octanol–water partition coefficient (Wildman–Crippen LogP) is 4.61. The fourth-order valence-electron chi connectivity index (χ4n) is 3.71. The molecule has 29 heavy (non-hydrogen) atoms. The SMILES string of the molecule is CCCN1C(=O)C(=O)/C(=C(/O)c2cccc(OC(C)C)c2)C1c1ccccc1C. The average molecular weight is 393 g/mol. The maximum atomic E-state index is 12.9. The number of hydrogen-bond donors (Lipinski definition) is 1. The summed E-state index contributed by atoms with van der Waals surface area (Å²) < 4.78 is 5.71. The number of Topliss-reactive ketones (excluding diaryl/α,β-unsaturated/α-hetero) is 1. The molecule has 0 aromatic heterocycles. The van der Waals surface area contributed by atoms with E-state index in [1.54, 1.807) is 29.2 Å². The zero-order valence-corrected chi connectivity index (χ0v) is 17.3. The number of benzene rings is 2. The van der Waals surface area contributed by atoms with Crippen molar-refractivity contribution in [3.63, 3.8) is 0 Å². The van der Waals surface area contributed by atoms with E-state index in [2.05, 4.69) is 0 Å². The number of aryl methyl sites for hydroxylation is 1. The van der Waals surface area contributed by atoms with Gasteiger partial charge in [0, 0.05) is 12.1 Å². The largest absolute Gasteiger partial charge is 0.507 e. The zero-order chi connectivity index (χ0) is 21.1. The third-order valence-corrected chi connectivity index (χ3v) is 4.97. The van der Waals surface area contributed by atoms with Gasteiger partial charge in [0.15, 0.2) is 0 Å². The number of ether oxygens (including phenoxy) is 1. The number of likely N-dealkylation sites (tertiary alicyclic amines) is 1. The van der Waals surface area contributed by atoms with Crippen LogP contribution in [-0.4, -0.2) is 34.3 Å². The molecule has 1 saturated heterocycles. The van der Waals surface area contributed by atoms with Crippen LogP contribution >= 0.6 is 0 Å². The molecule has 5 nitrogen and oxygen atoms in total. The molecule has 1 N–H and O–H groups in total. The Kier molecular flexibility index (Phi) is 6.06. The number of carbonyl (C=O) groups is 2. The van der Waals surface area contributed by atoms with Crippen molar-refractivity contribution >= 4 is 17.4 Å².